The fourth-order valence-electron chi connectivity index (χ4n) is 3.07. The van der Waals surface area contributed by atoms with Crippen molar-refractivity contribution in [2.75, 3.05) is 7.11 Å². The molecule has 0 fully saturated rings. The minimum absolute atomic E-state index is 0.165. The van der Waals surface area contributed by atoms with Gasteiger partial charge in [0.25, 0.3) is 0 Å². The normalized spacial score (nSPS) is 11.8. The summed E-state index contributed by atoms with van der Waals surface area (Å²) < 4.78 is 5.12. The minimum Gasteiger partial charge on any atom is -0.495 e. The Bertz CT molecular complexity index is 1020. The van der Waals surface area contributed by atoms with Crippen molar-refractivity contribution in [3.05, 3.63) is 76.8 Å². The number of carbonyl (C=O) groups excluding carboxylic acids is 2. The number of ether oxygens (including phenoxy) is 1. The van der Waals surface area contributed by atoms with Crippen LogP contribution in [0.4, 0.5) is 0 Å². The van der Waals surface area contributed by atoms with Gasteiger partial charge in [-0.2, -0.15) is 0 Å². The van der Waals surface area contributed by atoms with Gasteiger partial charge in [-0.3, -0.25) is 9.59 Å². The van der Waals surface area contributed by atoms with Crippen LogP contribution in [0.3, 0.4) is 0 Å². The highest BCUT2D eigenvalue weighted by molar-refractivity contribution is 6.32. The van der Waals surface area contributed by atoms with E-state index in [9.17, 15) is 9.59 Å². The van der Waals surface area contributed by atoms with Crippen LogP contribution in [0.25, 0.3) is 10.8 Å². The number of hydrogen-bond acceptors (Lipinski definition) is 3. The van der Waals surface area contributed by atoms with Crippen molar-refractivity contribution in [2.24, 2.45) is 5.73 Å². The van der Waals surface area contributed by atoms with Crippen molar-refractivity contribution in [3.63, 3.8) is 0 Å². The molecular weight excluding hydrogens is 376 g/mol. The van der Waals surface area contributed by atoms with Gasteiger partial charge in [-0.25, -0.2) is 0 Å². The summed E-state index contributed by atoms with van der Waals surface area (Å²) in [5.74, 6) is -0.320. The minimum atomic E-state index is -0.822. The van der Waals surface area contributed by atoms with Gasteiger partial charge >= 0.3 is 0 Å². The maximum absolute atomic E-state index is 12.5. The fourth-order valence-corrected chi connectivity index (χ4v) is 3.36. The number of nitrogens with two attached hydrogens (primary N) is 1. The summed E-state index contributed by atoms with van der Waals surface area (Å²) >= 11 is 6.12. The lowest BCUT2D eigenvalue weighted by Gasteiger charge is -2.16. The molecule has 0 saturated carbocycles. The van der Waals surface area contributed by atoms with Crippen LogP contribution in [0.5, 0.6) is 5.75 Å². The zero-order chi connectivity index (χ0) is 20.1. The molecule has 144 valence electrons. The molecule has 3 aromatic carbocycles. The summed E-state index contributed by atoms with van der Waals surface area (Å²) in [6.45, 7) is 0. The molecule has 0 saturated heterocycles. The standard InChI is InChI=1S/C22H21ClN2O3/c1-28-20-9-7-15(11-18(20)23)12-19(22(24)27)25-21(26)13-14-6-8-16-4-2-3-5-17(16)10-14/h2-11,19H,12-13H2,1H3,(H2,24,27)(H,25,26)/t19-/m0/s1. The molecular formula is C22H21ClN2O3. The Morgan fingerprint density at radius 2 is 1.75 bits per heavy atom. The van der Waals surface area contributed by atoms with Gasteiger partial charge < -0.3 is 15.8 Å². The zero-order valence-corrected chi connectivity index (χ0v) is 16.2. The number of hydrogen-bond donors (Lipinski definition) is 2. The van der Waals surface area contributed by atoms with Gasteiger partial charge in [0.15, 0.2) is 0 Å². The van der Waals surface area contributed by atoms with Crippen molar-refractivity contribution in [2.45, 2.75) is 18.9 Å². The molecule has 3 N–H and O–H groups in total. The maximum atomic E-state index is 12.5. The second-order valence-corrected chi connectivity index (χ2v) is 6.96. The Hall–Kier alpha value is -3.05. The van der Waals surface area contributed by atoms with Crippen LogP contribution in [0.2, 0.25) is 5.02 Å². The van der Waals surface area contributed by atoms with Gasteiger partial charge in [-0.1, -0.05) is 60.1 Å². The van der Waals surface area contributed by atoms with E-state index in [4.69, 9.17) is 22.1 Å². The van der Waals surface area contributed by atoms with Gasteiger partial charge in [0.05, 0.1) is 18.6 Å². The zero-order valence-electron chi connectivity index (χ0n) is 15.4. The lowest BCUT2D eigenvalue weighted by atomic mass is 10.0. The SMILES string of the molecule is COc1ccc(C[C@H](NC(=O)Cc2ccc3ccccc3c2)C(N)=O)cc1Cl. The summed E-state index contributed by atoms with van der Waals surface area (Å²) in [7, 11) is 1.53. The highest BCUT2D eigenvalue weighted by Gasteiger charge is 2.19. The van der Waals surface area contributed by atoms with E-state index in [0.717, 1.165) is 21.9 Å². The number of carbonyl (C=O) groups is 2. The molecule has 0 aromatic heterocycles. The lowest BCUT2D eigenvalue weighted by Crippen LogP contribution is -2.46. The smallest absolute Gasteiger partial charge is 0.240 e. The molecule has 3 aromatic rings. The largest absolute Gasteiger partial charge is 0.495 e. The first kappa shape index (κ1) is 19.7. The molecule has 0 radical (unpaired) electrons. The second-order valence-electron chi connectivity index (χ2n) is 6.55. The quantitative estimate of drug-likeness (QED) is 0.643. The van der Waals surface area contributed by atoms with Gasteiger partial charge in [-0.15, -0.1) is 0 Å². The van der Waals surface area contributed by atoms with Crippen LogP contribution in [-0.2, 0) is 22.4 Å². The van der Waals surface area contributed by atoms with Crippen molar-refractivity contribution in [1.29, 1.82) is 0 Å². The fraction of sp³-hybridized carbons (Fsp3) is 0.182. The van der Waals surface area contributed by atoms with Crippen LogP contribution in [0.15, 0.2) is 60.7 Å². The van der Waals surface area contributed by atoms with Crippen molar-refractivity contribution >= 4 is 34.2 Å². The van der Waals surface area contributed by atoms with E-state index < -0.39 is 11.9 Å². The number of benzene rings is 3. The molecule has 28 heavy (non-hydrogen) atoms. The Balaban J connectivity index is 1.68. The molecule has 0 aliphatic carbocycles. The van der Waals surface area contributed by atoms with E-state index in [1.165, 1.54) is 7.11 Å². The van der Waals surface area contributed by atoms with Gasteiger partial charge in [-0.05, 0) is 34.0 Å². The molecule has 0 bridgehead atoms. The highest BCUT2D eigenvalue weighted by atomic mass is 35.5. The van der Waals surface area contributed by atoms with E-state index in [2.05, 4.69) is 5.32 Å². The van der Waals surface area contributed by atoms with Crippen molar-refractivity contribution in [3.8, 4) is 5.75 Å². The summed E-state index contributed by atoms with van der Waals surface area (Å²) in [6, 6.07) is 18.2. The van der Waals surface area contributed by atoms with E-state index >= 15 is 0 Å². The first-order valence-electron chi connectivity index (χ1n) is 8.85. The number of rotatable bonds is 7. The molecule has 3 rings (SSSR count). The number of methoxy groups -OCH3 is 1. The summed E-state index contributed by atoms with van der Waals surface area (Å²) in [6.07, 6.45) is 0.417. The van der Waals surface area contributed by atoms with Crippen LogP contribution in [0, 0.1) is 0 Å². The predicted octanol–water partition coefficient (Wildman–Crippen LogP) is 3.26. The first-order valence-corrected chi connectivity index (χ1v) is 9.23. The number of nitrogens with one attached hydrogen (secondary N) is 1. The third kappa shape index (κ3) is 4.81. The topological polar surface area (TPSA) is 81.4 Å². The second kappa shape index (κ2) is 8.76. The Morgan fingerprint density at radius 3 is 2.43 bits per heavy atom. The molecule has 0 heterocycles. The van der Waals surface area contributed by atoms with Gasteiger partial charge in [0, 0.05) is 6.42 Å². The van der Waals surface area contributed by atoms with Crippen LogP contribution >= 0.6 is 11.6 Å². The van der Waals surface area contributed by atoms with E-state index in [1.807, 2.05) is 42.5 Å². The predicted molar refractivity (Wildman–Crippen MR) is 110 cm³/mol. The Kier molecular flexibility index (Phi) is 6.16. The average Bonchev–Trinajstić information content (AvgIpc) is 2.67. The molecule has 0 spiro atoms. The summed E-state index contributed by atoms with van der Waals surface area (Å²) in [5.41, 5.74) is 7.13. The molecule has 0 aliphatic rings. The highest BCUT2D eigenvalue weighted by Crippen LogP contribution is 2.25. The molecule has 0 aliphatic heterocycles. The first-order chi connectivity index (χ1) is 13.5. The molecule has 6 heteroatoms. The Labute approximate surface area is 168 Å². The Morgan fingerprint density at radius 1 is 1.04 bits per heavy atom. The van der Waals surface area contributed by atoms with E-state index in [-0.39, 0.29) is 18.7 Å². The molecule has 0 unspecified atom stereocenters. The summed E-state index contributed by atoms with van der Waals surface area (Å²) in [5, 5.41) is 5.33. The van der Waals surface area contributed by atoms with Gasteiger partial charge in [0.1, 0.15) is 11.8 Å². The monoisotopic (exact) mass is 396 g/mol. The number of primary amides is 1. The van der Waals surface area contributed by atoms with Gasteiger partial charge in [0.2, 0.25) is 11.8 Å². The number of amides is 2. The van der Waals surface area contributed by atoms with E-state index in [0.29, 0.717) is 10.8 Å². The van der Waals surface area contributed by atoms with Crippen LogP contribution in [-0.4, -0.2) is 25.0 Å². The third-order valence-corrected chi connectivity index (χ3v) is 4.81. The molecule has 2 amide bonds. The number of fused-ring (bicyclic) bond motifs is 1. The van der Waals surface area contributed by atoms with Crippen molar-refractivity contribution in [1.82, 2.24) is 5.32 Å². The summed E-state index contributed by atoms with van der Waals surface area (Å²) in [4.78, 5) is 24.3. The average molecular weight is 397 g/mol. The lowest BCUT2D eigenvalue weighted by molar-refractivity contribution is -0.127. The number of halogens is 1. The third-order valence-electron chi connectivity index (χ3n) is 4.51. The van der Waals surface area contributed by atoms with Crippen LogP contribution < -0.4 is 15.8 Å². The van der Waals surface area contributed by atoms with E-state index in [1.54, 1.807) is 18.2 Å². The van der Waals surface area contributed by atoms with Crippen molar-refractivity contribution < 1.29 is 14.3 Å². The molecule has 1 atom stereocenters. The van der Waals surface area contributed by atoms with Crippen LogP contribution in [0.1, 0.15) is 11.1 Å². The molecule has 5 nitrogen and oxygen atoms in total. The maximum Gasteiger partial charge on any atom is 0.240 e.